The molecule has 0 atom stereocenters. The molecule has 0 amide bonds. The topological polar surface area (TPSA) is 12.4 Å². The molecule has 1 heterocycles. The van der Waals surface area contributed by atoms with Crippen molar-refractivity contribution >= 4 is 5.84 Å². The number of quaternary nitrogens is 1. The van der Waals surface area contributed by atoms with E-state index in [0.29, 0.717) is 0 Å². The fraction of sp³-hybridized carbons (Fsp3) is 0.727. The monoisotopic (exact) mass is 181 g/mol. The van der Waals surface area contributed by atoms with Crippen LogP contribution in [0.15, 0.2) is 16.9 Å². The molecule has 0 radical (unpaired) electrons. The van der Waals surface area contributed by atoms with Gasteiger partial charge in [-0.25, -0.2) is 0 Å². The molecule has 0 spiro atoms. The lowest BCUT2D eigenvalue weighted by Gasteiger charge is -2.29. The summed E-state index contributed by atoms with van der Waals surface area (Å²) in [6.07, 6.45) is 4.46. The van der Waals surface area contributed by atoms with Crippen LogP contribution in [0.4, 0.5) is 0 Å². The van der Waals surface area contributed by atoms with E-state index in [9.17, 15) is 0 Å². The third-order valence-electron chi connectivity index (χ3n) is 2.99. The minimum absolute atomic E-state index is 0.986. The second-order valence-corrected chi connectivity index (χ2v) is 3.52. The highest BCUT2D eigenvalue weighted by molar-refractivity contribution is 5.78. The number of hydrogen-bond acceptors (Lipinski definition) is 1. The fourth-order valence-corrected chi connectivity index (χ4v) is 1.99. The van der Waals surface area contributed by atoms with Crippen molar-refractivity contribution in [2.75, 3.05) is 13.1 Å². The van der Waals surface area contributed by atoms with Crippen LogP contribution in [-0.4, -0.2) is 23.4 Å². The van der Waals surface area contributed by atoms with Crippen molar-refractivity contribution in [3.05, 3.63) is 11.9 Å². The van der Waals surface area contributed by atoms with Crippen molar-refractivity contribution < 1.29 is 4.48 Å². The Morgan fingerprint density at radius 1 is 1.08 bits per heavy atom. The molecular formula is C11H21N2+. The van der Waals surface area contributed by atoms with Gasteiger partial charge in [0.1, 0.15) is 6.20 Å². The van der Waals surface area contributed by atoms with Gasteiger partial charge in [-0.2, -0.15) is 4.99 Å². The molecule has 0 N–H and O–H groups in total. The SMILES string of the molecule is CCC1=C[N+](CC)(CC)C(CC)=N1. The zero-order valence-corrected chi connectivity index (χ0v) is 9.30. The Morgan fingerprint density at radius 2 is 1.69 bits per heavy atom. The van der Waals surface area contributed by atoms with Crippen LogP contribution >= 0.6 is 0 Å². The van der Waals surface area contributed by atoms with E-state index in [0.717, 1.165) is 30.4 Å². The molecule has 0 aromatic carbocycles. The minimum atomic E-state index is 0.986. The fourth-order valence-electron chi connectivity index (χ4n) is 1.99. The first-order valence-electron chi connectivity index (χ1n) is 5.39. The van der Waals surface area contributed by atoms with Gasteiger partial charge in [-0.1, -0.05) is 13.8 Å². The maximum absolute atomic E-state index is 4.67. The van der Waals surface area contributed by atoms with E-state index in [1.165, 1.54) is 11.5 Å². The number of rotatable bonds is 4. The average molecular weight is 181 g/mol. The molecule has 0 aromatic heterocycles. The van der Waals surface area contributed by atoms with E-state index in [4.69, 9.17) is 0 Å². The Labute approximate surface area is 81.6 Å². The Morgan fingerprint density at radius 3 is 2.00 bits per heavy atom. The lowest BCUT2D eigenvalue weighted by atomic mass is 10.3. The van der Waals surface area contributed by atoms with Gasteiger partial charge in [0.2, 0.25) is 5.84 Å². The minimum Gasteiger partial charge on any atom is -0.251 e. The second-order valence-electron chi connectivity index (χ2n) is 3.52. The summed E-state index contributed by atoms with van der Waals surface area (Å²) in [6.45, 7) is 11.1. The van der Waals surface area contributed by atoms with Gasteiger partial charge in [-0.15, -0.1) is 0 Å². The number of hydrogen-bond donors (Lipinski definition) is 0. The molecule has 2 nitrogen and oxygen atoms in total. The Bertz CT molecular complexity index is 234. The van der Waals surface area contributed by atoms with Crippen LogP contribution in [0.25, 0.3) is 0 Å². The maximum atomic E-state index is 4.67. The highest BCUT2D eigenvalue weighted by atomic mass is 15.4. The molecule has 1 aliphatic heterocycles. The third-order valence-corrected chi connectivity index (χ3v) is 2.99. The Kier molecular flexibility index (Phi) is 3.26. The van der Waals surface area contributed by atoms with Crippen LogP contribution in [0.1, 0.15) is 40.5 Å². The zero-order chi connectivity index (χ0) is 9.90. The van der Waals surface area contributed by atoms with E-state index >= 15 is 0 Å². The van der Waals surface area contributed by atoms with Crippen molar-refractivity contribution in [2.24, 2.45) is 4.99 Å². The van der Waals surface area contributed by atoms with E-state index in [1.54, 1.807) is 0 Å². The lowest BCUT2D eigenvalue weighted by Crippen LogP contribution is -2.45. The van der Waals surface area contributed by atoms with Gasteiger partial charge in [0, 0.05) is 6.42 Å². The van der Waals surface area contributed by atoms with Crippen LogP contribution in [0.3, 0.4) is 0 Å². The van der Waals surface area contributed by atoms with Crippen molar-refractivity contribution in [1.29, 1.82) is 0 Å². The highest BCUT2D eigenvalue weighted by Crippen LogP contribution is 2.24. The summed E-state index contributed by atoms with van der Waals surface area (Å²) in [5.41, 5.74) is 1.26. The van der Waals surface area contributed by atoms with Gasteiger partial charge in [-0.3, -0.25) is 4.48 Å². The predicted octanol–water partition coefficient (Wildman–Crippen LogP) is 2.92. The third kappa shape index (κ3) is 1.68. The van der Waals surface area contributed by atoms with Gasteiger partial charge >= 0.3 is 0 Å². The second kappa shape index (κ2) is 4.05. The summed E-state index contributed by atoms with van der Waals surface area (Å²) in [6, 6.07) is 0. The Balaban J connectivity index is 2.97. The van der Waals surface area contributed by atoms with Crippen LogP contribution in [0.2, 0.25) is 0 Å². The summed E-state index contributed by atoms with van der Waals surface area (Å²) in [5, 5.41) is 0. The molecule has 74 valence electrons. The van der Waals surface area contributed by atoms with Crippen LogP contribution in [0.5, 0.6) is 0 Å². The Hall–Kier alpha value is -0.630. The molecular weight excluding hydrogens is 160 g/mol. The predicted molar refractivity (Wildman–Crippen MR) is 57.4 cm³/mol. The average Bonchev–Trinajstić information content (AvgIpc) is 2.56. The van der Waals surface area contributed by atoms with Crippen molar-refractivity contribution in [3.63, 3.8) is 0 Å². The smallest absolute Gasteiger partial charge is 0.207 e. The van der Waals surface area contributed by atoms with Crippen molar-refractivity contribution in [3.8, 4) is 0 Å². The van der Waals surface area contributed by atoms with Gasteiger partial charge in [0.15, 0.2) is 0 Å². The summed E-state index contributed by atoms with van der Waals surface area (Å²) in [7, 11) is 0. The number of nitrogens with zero attached hydrogens (tertiary/aromatic N) is 2. The molecule has 1 aliphatic rings. The molecule has 0 saturated carbocycles. The summed E-state index contributed by atoms with van der Waals surface area (Å²) < 4.78 is 0.986. The molecule has 13 heavy (non-hydrogen) atoms. The van der Waals surface area contributed by atoms with Crippen molar-refractivity contribution in [1.82, 2.24) is 0 Å². The lowest BCUT2D eigenvalue weighted by molar-refractivity contribution is -0.783. The van der Waals surface area contributed by atoms with Crippen LogP contribution in [-0.2, 0) is 0 Å². The number of allylic oxidation sites excluding steroid dienone is 1. The molecule has 2 heteroatoms. The van der Waals surface area contributed by atoms with Crippen molar-refractivity contribution in [2.45, 2.75) is 40.5 Å². The van der Waals surface area contributed by atoms with Crippen LogP contribution < -0.4 is 0 Å². The van der Waals surface area contributed by atoms with Crippen LogP contribution in [0, 0.1) is 0 Å². The summed E-state index contributed by atoms with van der Waals surface area (Å²) >= 11 is 0. The highest BCUT2D eigenvalue weighted by Gasteiger charge is 2.32. The zero-order valence-electron chi connectivity index (χ0n) is 9.30. The first-order valence-corrected chi connectivity index (χ1v) is 5.39. The standard InChI is InChI=1S/C11H21N2/c1-5-10-9-13(7-3,8-4)11(6-2)12-10/h9H,5-8H2,1-4H3/q+1. The quantitative estimate of drug-likeness (QED) is 0.591. The first-order chi connectivity index (χ1) is 6.22. The normalized spacial score (nSPS) is 20.0. The van der Waals surface area contributed by atoms with Gasteiger partial charge < -0.3 is 0 Å². The first kappa shape index (κ1) is 10.5. The van der Waals surface area contributed by atoms with Gasteiger partial charge in [0.05, 0.1) is 18.8 Å². The van der Waals surface area contributed by atoms with E-state index in [-0.39, 0.29) is 0 Å². The molecule has 0 aliphatic carbocycles. The molecule has 0 saturated heterocycles. The molecule has 0 fully saturated rings. The van der Waals surface area contributed by atoms with E-state index in [1.807, 2.05) is 0 Å². The largest absolute Gasteiger partial charge is 0.251 e. The molecule has 0 unspecified atom stereocenters. The molecule has 0 aromatic rings. The summed E-state index contributed by atoms with van der Waals surface area (Å²) in [5.74, 6) is 1.34. The number of aliphatic imine (C=N–C) groups is 1. The number of amidine groups is 1. The van der Waals surface area contributed by atoms with Gasteiger partial charge in [0.25, 0.3) is 0 Å². The van der Waals surface area contributed by atoms with E-state index in [2.05, 4.69) is 38.9 Å². The van der Waals surface area contributed by atoms with Gasteiger partial charge in [-0.05, 0) is 20.3 Å². The summed E-state index contributed by atoms with van der Waals surface area (Å²) in [4.78, 5) is 4.67. The van der Waals surface area contributed by atoms with E-state index < -0.39 is 0 Å². The molecule has 1 rings (SSSR count). The maximum Gasteiger partial charge on any atom is 0.207 e. The molecule has 0 bridgehead atoms.